The van der Waals surface area contributed by atoms with Crippen LogP contribution in [-0.4, -0.2) is 72.1 Å². The van der Waals surface area contributed by atoms with Crippen LogP contribution in [-0.2, 0) is 6.42 Å². The Labute approximate surface area is 163 Å². The number of likely N-dealkylation sites (N-methyl/N-ethyl adjacent to an activating group) is 1. The van der Waals surface area contributed by atoms with Crippen molar-refractivity contribution in [3.63, 3.8) is 0 Å². The minimum Gasteiger partial charge on any atom is -0.354 e. The van der Waals surface area contributed by atoms with Crippen molar-refractivity contribution in [1.29, 1.82) is 0 Å². The van der Waals surface area contributed by atoms with Crippen LogP contribution in [0.5, 0.6) is 0 Å². The van der Waals surface area contributed by atoms with Crippen LogP contribution in [0.2, 0.25) is 0 Å². The Bertz CT molecular complexity index is 712. The second kappa shape index (κ2) is 8.81. The molecule has 2 saturated heterocycles. The molecule has 2 fully saturated rings. The van der Waals surface area contributed by atoms with E-state index in [2.05, 4.69) is 57.1 Å². The largest absolute Gasteiger partial charge is 0.354 e. The van der Waals surface area contributed by atoms with Gasteiger partial charge in [0.1, 0.15) is 11.6 Å². The molecule has 1 aromatic heterocycles. The van der Waals surface area contributed by atoms with Gasteiger partial charge in [0.2, 0.25) is 0 Å². The normalized spacial score (nSPS) is 22.1. The summed E-state index contributed by atoms with van der Waals surface area (Å²) in [6.45, 7) is 6.84. The summed E-state index contributed by atoms with van der Waals surface area (Å²) < 4.78 is 0. The van der Waals surface area contributed by atoms with Gasteiger partial charge in [0.25, 0.3) is 0 Å². The Morgan fingerprint density at radius 2 is 1.78 bits per heavy atom. The van der Waals surface area contributed by atoms with Crippen LogP contribution >= 0.6 is 0 Å². The Balaban J connectivity index is 1.32. The summed E-state index contributed by atoms with van der Waals surface area (Å²) in [7, 11) is 2.29. The fraction of sp³-hybridized carbons (Fsp3) is 0.545. The molecule has 3 heterocycles. The molecule has 27 heavy (non-hydrogen) atoms. The Hall–Kier alpha value is -1.98. The lowest BCUT2D eigenvalue weighted by Crippen LogP contribution is -2.52. The van der Waals surface area contributed by atoms with Crippen molar-refractivity contribution in [2.75, 3.05) is 51.2 Å². The molecule has 1 atom stereocenters. The van der Waals surface area contributed by atoms with Gasteiger partial charge in [-0.05, 0) is 38.1 Å². The van der Waals surface area contributed by atoms with E-state index in [9.17, 15) is 0 Å². The number of piperidine rings is 1. The first-order valence-electron chi connectivity index (χ1n) is 10.3. The monoisotopic (exact) mass is 365 g/mol. The van der Waals surface area contributed by atoms with Gasteiger partial charge in [0.15, 0.2) is 0 Å². The van der Waals surface area contributed by atoms with Gasteiger partial charge < -0.3 is 9.80 Å². The number of piperazine rings is 1. The predicted molar refractivity (Wildman–Crippen MR) is 110 cm³/mol. The highest BCUT2D eigenvalue weighted by atomic mass is 15.3. The van der Waals surface area contributed by atoms with Gasteiger partial charge in [-0.25, -0.2) is 9.97 Å². The van der Waals surface area contributed by atoms with Crippen molar-refractivity contribution < 1.29 is 0 Å². The lowest BCUT2D eigenvalue weighted by molar-refractivity contribution is 0.124. The maximum atomic E-state index is 4.83. The van der Waals surface area contributed by atoms with Crippen LogP contribution < -0.4 is 4.90 Å². The van der Waals surface area contributed by atoms with E-state index in [4.69, 9.17) is 4.98 Å². The number of likely N-dealkylation sites (tertiary alicyclic amines) is 1. The van der Waals surface area contributed by atoms with Crippen molar-refractivity contribution >= 4 is 5.82 Å². The zero-order chi connectivity index (χ0) is 18.5. The summed E-state index contributed by atoms with van der Waals surface area (Å²) in [5, 5.41) is 0. The number of hydrogen-bond donors (Lipinski definition) is 0. The van der Waals surface area contributed by atoms with E-state index in [-0.39, 0.29) is 0 Å². The molecule has 0 radical (unpaired) electrons. The molecule has 1 unspecified atom stereocenters. The first-order valence-corrected chi connectivity index (χ1v) is 10.3. The molecule has 5 nitrogen and oxygen atoms in total. The highest BCUT2D eigenvalue weighted by Crippen LogP contribution is 2.19. The topological polar surface area (TPSA) is 35.5 Å². The second-order valence-electron chi connectivity index (χ2n) is 7.91. The van der Waals surface area contributed by atoms with E-state index < -0.39 is 0 Å². The Kier molecular flexibility index (Phi) is 6.00. The maximum Gasteiger partial charge on any atom is 0.135 e. The second-order valence-corrected chi connectivity index (χ2v) is 7.91. The average Bonchev–Trinajstić information content (AvgIpc) is 2.71. The van der Waals surface area contributed by atoms with Crippen LogP contribution in [0, 0.1) is 0 Å². The van der Waals surface area contributed by atoms with Gasteiger partial charge in [-0.2, -0.15) is 0 Å². The predicted octanol–water partition coefficient (Wildman–Crippen LogP) is 2.67. The molecule has 0 N–H and O–H groups in total. The highest BCUT2D eigenvalue weighted by molar-refractivity contribution is 5.38. The van der Waals surface area contributed by atoms with Crippen LogP contribution in [0.4, 0.5) is 5.82 Å². The molecule has 144 valence electrons. The third-order valence-electron chi connectivity index (χ3n) is 5.98. The standard InChI is InChI=1S/C22H31N5/c1-25-12-6-5-9-20(25)18-26-13-15-27(16-14-26)22-10-11-23-21(24-22)17-19-7-3-2-4-8-19/h2-4,7-8,10-11,20H,5-6,9,12-18H2,1H3. The molecule has 0 saturated carbocycles. The van der Waals surface area contributed by atoms with Crippen molar-refractivity contribution in [1.82, 2.24) is 19.8 Å². The van der Waals surface area contributed by atoms with Gasteiger partial charge in [0.05, 0.1) is 0 Å². The fourth-order valence-electron chi connectivity index (χ4n) is 4.26. The summed E-state index contributed by atoms with van der Waals surface area (Å²) in [4.78, 5) is 16.9. The third kappa shape index (κ3) is 4.85. The van der Waals surface area contributed by atoms with Gasteiger partial charge in [-0.15, -0.1) is 0 Å². The van der Waals surface area contributed by atoms with Crippen LogP contribution in [0.3, 0.4) is 0 Å². The highest BCUT2D eigenvalue weighted by Gasteiger charge is 2.24. The number of aromatic nitrogens is 2. The molecule has 0 bridgehead atoms. The minimum absolute atomic E-state index is 0.738. The van der Waals surface area contributed by atoms with E-state index in [0.717, 1.165) is 50.3 Å². The van der Waals surface area contributed by atoms with Gasteiger partial charge in [-0.3, -0.25) is 4.90 Å². The summed E-state index contributed by atoms with van der Waals surface area (Å²) in [6.07, 6.45) is 6.80. The Morgan fingerprint density at radius 3 is 2.56 bits per heavy atom. The minimum atomic E-state index is 0.738. The first-order chi connectivity index (χ1) is 13.3. The number of benzene rings is 1. The lowest BCUT2D eigenvalue weighted by atomic mass is 10.0. The maximum absolute atomic E-state index is 4.83. The van der Waals surface area contributed by atoms with Crippen LogP contribution in [0.25, 0.3) is 0 Å². The number of nitrogens with zero attached hydrogens (tertiary/aromatic N) is 5. The lowest BCUT2D eigenvalue weighted by Gasteiger charge is -2.40. The van der Waals surface area contributed by atoms with Crippen molar-refractivity contribution in [3.8, 4) is 0 Å². The molecule has 2 aliphatic rings. The molecule has 1 aromatic carbocycles. The summed E-state index contributed by atoms with van der Waals surface area (Å²) in [5.41, 5.74) is 1.26. The quantitative estimate of drug-likeness (QED) is 0.814. The van der Waals surface area contributed by atoms with Gasteiger partial charge in [-0.1, -0.05) is 36.8 Å². The molecule has 2 aromatic rings. The molecule has 5 heteroatoms. The number of hydrogen-bond acceptors (Lipinski definition) is 5. The molecule has 0 amide bonds. The van der Waals surface area contributed by atoms with Crippen LogP contribution in [0.15, 0.2) is 42.6 Å². The van der Waals surface area contributed by atoms with Gasteiger partial charge >= 0.3 is 0 Å². The molecule has 0 spiro atoms. The molecular weight excluding hydrogens is 334 g/mol. The smallest absolute Gasteiger partial charge is 0.135 e. The van der Waals surface area contributed by atoms with Crippen LogP contribution in [0.1, 0.15) is 30.7 Å². The van der Waals surface area contributed by atoms with E-state index >= 15 is 0 Å². The van der Waals surface area contributed by atoms with Crippen molar-refractivity contribution in [2.24, 2.45) is 0 Å². The molecule has 4 rings (SSSR count). The zero-order valence-corrected chi connectivity index (χ0v) is 16.4. The molecule has 0 aliphatic carbocycles. The molecule has 2 aliphatic heterocycles. The zero-order valence-electron chi connectivity index (χ0n) is 16.4. The first kappa shape index (κ1) is 18.4. The summed E-state index contributed by atoms with van der Waals surface area (Å²) in [6, 6.07) is 13.3. The Morgan fingerprint density at radius 1 is 0.963 bits per heavy atom. The number of anilines is 1. The van der Waals surface area contributed by atoms with Gasteiger partial charge in [0, 0.05) is 51.4 Å². The fourth-order valence-corrected chi connectivity index (χ4v) is 4.26. The van der Waals surface area contributed by atoms with Crippen molar-refractivity contribution in [3.05, 3.63) is 54.0 Å². The third-order valence-corrected chi connectivity index (χ3v) is 5.98. The van der Waals surface area contributed by atoms with Crippen molar-refractivity contribution in [2.45, 2.75) is 31.7 Å². The van der Waals surface area contributed by atoms with E-state index in [0.29, 0.717) is 0 Å². The molecular formula is C22H31N5. The van der Waals surface area contributed by atoms with E-state index in [1.54, 1.807) is 0 Å². The van der Waals surface area contributed by atoms with E-state index in [1.807, 2.05) is 12.3 Å². The number of rotatable bonds is 5. The average molecular weight is 366 g/mol. The summed E-state index contributed by atoms with van der Waals surface area (Å²) in [5.74, 6) is 1.98. The summed E-state index contributed by atoms with van der Waals surface area (Å²) >= 11 is 0. The SMILES string of the molecule is CN1CCCCC1CN1CCN(c2ccnc(Cc3ccccc3)n2)CC1. The van der Waals surface area contributed by atoms with E-state index in [1.165, 1.54) is 37.9 Å².